The number of carbonyl (C=O) groups is 1. The molecule has 0 bridgehead atoms. The third kappa shape index (κ3) is 2.75. The number of carbonyl (C=O) groups excluding carboxylic acids is 1. The predicted octanol–water partition coefficient (Wildman–Crippen LogP) is 3.86. The van der Waals surface area contributed by atoms with Crippen LogP contribution in [0.4, 0.5) is 0 Å². The minimum Gasteiger partial charge on any atom is -0.496 e. The zero-order valence-corrected chi connectivity index (χ0v) is 13.7. The molecule has 0 aliphatic carbocycles. The maximum Gasteiger partial charge on any atom is 0.253 e. The Balaban J connectivity index is 2.11. The van der Waals surface area contributed by atoms with Gasteiger partial charge in [-0.1, -0.05) is 11.6 Å². The third-order valence-corrected chi connectivity index (χ3v) is 3.78. The summed E-state index contributed by atoms with van der Waals surface area (Å²) >= 11 is 6.12. The highest BCUT2D eigenvalue weighted by Crippen LogP contribution is 2.36. The quantitative estimate of drug-likeness (QED) is 0.731. The van der Waals surface area contributed by atoms with Crippen LogP contribution in [0.2, 0.25) is 5.02 Å². The first-order valence-corrected chi connectivity index (χ1v) is 7.33. The first-order chi connectivity index (χ1) is 11.0. The number of fused-ring (bicyclic) bond motifs is 1. The number of hydrogen-bond acceptors (Lipinski definition) is 4. The Bertz CT molecular complexity index is 887. The minimum absolute atomic E-state index is 0.0934. The Kier molecular flexibility index (Phi) is 3.96. The Morgan fingerprint density at radius 1 is 1.26 bits per heavy atom. The number of halogens is 1. The molecule has 0 N–H and O–H groups in total. The summed E-state index contributed by atoms with van der Waals surface area (Å²) in [5.74, 6) is 1.04. The van der Waals surface area contributed by atoms with Gasteiger partial charge < -0.3 is 14.1 Å². The highest BCUT2D eigenvalue weighted by Gasteiger charge is 2.16. The molecule has 0 saturated carbocycles. The summed E-state index contributed by atoms with van der Waals surface area (Å²) < 4.78 is 11.2. The number of rotatable bonds is 3. The molecule has 23 heavy (non-hydrogen) atoms. The molecule has 5 nitrogen and oxygen atoms in total. The van der Waals surface area contributed by atoms with E-state index in [1.165, 1.54) is 4.90 Å². The van der Waals surface area contributed by atoms with Gasteiger partial charge in [0, 0.05) is 31.9 Å². The molecular weight excluding hydrogens is 316 g/mol. The molecule has 0 aliphatic heterocycles. The second kappa shape index (κ2) is 5.93. The number of furan rings is 1. The number of amides is 1. The Hall–Kier alpha value is -2.53. The SMILES string of the molecule is COc1cc(C(=O)N(C)C)ccc1-c1cc2nccc(Cl)c2o1. The fourth-order valence-electron chi connectivity index (χ4n) is 2.33. The molecule has 1 aromatic carbocycles. The van der Waals surface area contributed by atoms with E-state index in [2.05, 4.69) is 4.98 Å². The van der Waals surface area contributed by atoms with E-state index in [9.17, 15) is 4.79 Å². The van der Waals surface area contributed by atoms with E-state index in [1.807, 2.05) is 0 Å². The van der Waals surface area contributed by atoms with Crippen LogP contribution in [0, 0.1) is 0 Å². The monoisotopic (exact) mass is 330 g/mol. The van der Waals surface area contributed by atoms with Gasteiger partial charge in [0.25, 0.3) is 5.91 Å². The van der Waals surface area contributed by atoms with E-state index in [1.54, 1.807) is 57.7 Å². The number of pyridine rings is 1. The molecule has 0 saturated heterocycles. The fraction of sp³-hybridized carbons (Fsp3) is 0.176. The van der Waals surface area contributed by atoms with Crippen LogP contribution in [-0.4, -0.2) is 37.0 Å². The minimum atomic E-state index is -0.0934. The maximum atomic E-state index is 12.1. The van der Waals surface area contributed by atoms with Gasteiger partial charge in [-0.3, -0.25) is 9.78 Å². The van der Waals surface area contributed by atoms with Gasteiger partial charge in [-0.15, -0.1) is 0 Å². The molecule has 0 aliphatic rings. The summed E-state index contributed by atoms with van der Waals surface area (Å²) in [6.45, 7) is 0. The zero-order valence-electron chi connectivity index (χ0n) is 13.0. The predicted molar refractivity (Wildman–Crippen MR) is 89.0 cm³/mol. The van der Waals surface area contributed by atoms with Crippen LogP contribution >= 0.6 is 11.6 Å². The number of nitrogens with zero attached hydrogens (tertiary/aromatic N) is 2. The van der Waals surface area contributed by atoms with E-state index < -0.39 is 0 Å². The Morgan fingerprint density at radius 2 is 2.04 bits per heavy atom. The van der Waals surface area contributed by atoms with Crippen LogP contribution in [0.1, 0.15) is 10.4 Å². The van der Waals surface area contributed by atoms with Gasteiger partial charge in [0.15, 0.2) is 5.58 Å². The van der Waals surface area contributed by atoms with Gasteiger partial charge in [-0.2, -0.15) is 0 Å². The molecule has 118 valence electrons. The lowest BCUT2D eigenvalue weighted by atomic mass is 10.1. The molecule has 1 amide bonds. The second-order valence-electron chi connectivity index (χ2n) is 5.23. The number of ether oxygens (including phenoxy) is 1. The van der Waals surface area contributed by atoms with E-state index in [0.29, 0.717) is 33.2 Å². The number of methoxy groups -OCH3 is 1. The smallest absolute Gasteiger partial charge is 0.253 e. The van der Waals surface area contributed by atoms with E-state index >= 15 is 0 Å². The van der Waals surface area contributed by atoms with Crippen molar-refractivity contribution in [2.45, 2.75) is 0 Å². The van der Waals surface area contributed by atoms with Crippen molar-refractivity contribution in [1.82, 2.24) is 9.88 Å². The summed E-state index contributed by atoms with van der Waals surface area (Å²) in [7, 11) is 4.96. The molecule has 0 spiro atoms. The van der Waals surface area contributed by atoms with Crippen molar-refractivity contribution in [3.05, 3.63) is 47.1 Å². The van der Waals surface area contributed by atoms with Crippen LogP contribution in [0.25, 0.3) is 22.4 Å². The van der Waals surface area contributed by atoms with Crippen LogP contribution in [0.3, 0.4) is 0 Å². The van der Waals surface area contributed by atoms with Gasteiger partial charge in [0.2, 0.25) is 0 Å². The van der Waals surface area contributed by atoms with Gasteiger partial charge >= 0.3 is 0 Å². The molecule has 3 rings (SSSR count). The number of aromatic nitrogens is 1. The van der Waals surface area contributed by atoms with Gasteiger partial charge in [0.05, 0.1) is 17.7 Å². The fourth-order valence-corrected chi connectivity index (χ4v) is 2.52. The highest BCUT2D eigenvalue weighted by atomic mass is 35.5. The van der Waals surface area contributed by atoms with Crippen molar-refractivity contribution in [1.29, 1.82) is 0 Å². The normalized spacial score (nSPS) is 10.8. The second-order valence-corrected chi connectivity index (χ2v) is 5.64. The molecule has 2 aromatic heterocycles. The Labute approximate surface area is 138 Å². The third-order valence-electron chi connectivity index (χ3n) is 3.48. The molecule has 6 heteroatoms. The van der Waals surface area contributed by atoms with Gasteiger partial charge in [0.1, 0.15) is 17.0 Å². The summed E-state index contributed by atoms with van der Waals surface area (Å²) in [5.41, 5.74) is 2.47. The first-order valence-electron chi connectivity index (χ1n) is 6.95. The molecule has 0 atom stereocenters. The maximum absolute atomic E-state index is 12.1. The van der Waals surface area contributed by atoms with Crippen molar-refractivity contribution in [2.24, 2.45) is 0 Å². The lowest BCUT2D eigenvalue weighted by Gasteiger charge is -2.12. The van der Waals surface area contributed by atoms with Crippen molar-refractivity contribution in [2.75, 3.05) is 21.2 Å². The van der Waals surface area contributed by atoms with E-state index in [0.717, 1.165) is 5.56 Å². The molecular formula is C17H15ClN2O3. The van der Waals surface area contributed by atoms with Crippen molar-refractivity contribution < 1.29 is 13.9 Å². The summed E-state index contributed by atoms with van der Waals surface area (Å²) in [6.07, 6.45) is 1.63. The summed E-state index contributed by atoms with van der Waals surface area (Å²) in [5, 5.41) is 0.500. The van der Waals surface area contributed by atoms with Crippen molar-refractivity contribution in [3.63, 3.8) is 0 Å². The van der Waals surface area contributed by atoms with E-state index in [-0.39, 0.29) is 5.91 Å². The summed E-state index contributed by atoms with van der Waals surface area (Å²) in [6, 6.07) is 8.70. The topological polar surface area (TPSA) is 55.6 Å². The van der Waals surface area contributed by atoms with Gasteiger partial charge in [-0.25, -0.2) is 0 Å². The molecule has 0 radical (unpaired) electrons. The lowest BCUT2D eigenvalue weighted by Crippen LogP contribution is -2.21. The molecule has 3 aromatic rings. The van der Waals surface area contributed by atoms with Crippen molar-refractivity contribution >= 4 is 28.6 Å². The van der Waals surface area contributed by atoms with Crippen molar-refractivity contribution in [3.8, 4) is 17.1 Å². The molecule has 2 heterocycles. The largest absolute Gasteiger partial charge is 0.496 e. The zero-order chi connectivity index (χ0) is 16.6. The lowest BCUT2D eigenvalue weighted by molar-refractivity contribution is 0.0827. The van der Waals surface area contributed by atoms with Crippen LogP contribution in [0.5, 0.6) is 5.75 Å². The average molecular weight is 331 g/mol. The molecule has 0 unspecified atom stereocenters. The number of hydrogen-bond donors (Lipinski definition) is 0. The average Bonchev–Trinajstić information content (AvgIpc) is 2.98. The van der Waals surface area contributed by atoms with Crippen LogP contribution in [0.15, 0.2) is 40.9 Å². The standard InChI is InChI=1S/C17H15ClN2O3/c1-20(2)17(21)10-4-5-11(14(8-10)22-3)15-9-13-16(23-15)12(18)6-7-19-13/h4-9H,1-3H3. The number of benzene rings is 1. The van der Waals surface area contributed by atoms with Gasteiger partial charge in [-0.05, 0) is 24.3 Å². The highest BCUT2D eigenvalue weighted by molar-refractivity contribution is 6.34. The first kappa shape index (κ1) is 15.4. The van der Waals surface area contributed by atoms with Crippen LogP contribution < -0.4 is 4.74 Å². The van der Waals surface area contributed by atoms with E-state index in [4.69, 9.17) is 20.8 Å². The van der Waals surface area contributed by atoms with Crippen LogP contribution in [-0.2, 0) is 0 Å². The molecule has 0 fully saturated rings. The Morgan fingerprint density at radius 3 is 2.70 bits per heavy atom. The summed E-state index contributed by atoms with van der Waals surface area (Å²) in [4.78, 5) is 17.8.